The van der Waals surface area contributed by atoms with Crippen molar-refractivity contribution < 1.29 is 14.3 Å². The lowest BCUT2D eigenvalue weighted by Crippen LogP contribution is -2.31. The predicted octanol–water partition coefficient (Wildman–Crippen LogP) is 4.81. The molecule has 1 saturated heterocycles. The maximum Gasteiger partial charge on any atom is 0.255 e. The van der Waals surface area contributed by atoms with Gasteiger partial charge >= 0.3 is 0 Å². The van der Waals surface area contributed by atoms with Gasteiger partial charge in [-0.05, 0) is 62.4 Å². The molecule has 2 atom stereocenters. The van der Waals surface area contributed by atoms with E-state index < -0.39 is 0 Å². The summed E-state index contributed by atoms with van der Waals surface area (Å²) in [4.78, 5) is 26.8. The topological polar surface area (TPSA) is 58.6 Å². The molecule has 1 N–H and O–H groups in total. The Morgan fingerprint density at radius 2 is 1.93 bits per heavy atom. The Balaban J connectivity index is 1.58. The van der Waals surface area contributed by atoms with Crippen molar-refractivity contribution in [2.24, 2.45) is 0 Å². The lowest BCUT2D eigenvalue weighted by Gasteiger charge is -2.27. The van der Waals surface area contributed by atoms with Crippen LogP contribution < -0.4 is 5.32 Å². The SMILES string of the molecule is C[C@H](c1cccc(NC(=O)c2ccccc2)c1)N(C)C(=O)CC[C@H]1CCCCO1. The highest BCUT2D eigenvalue weighted by Crippen LogP contribution is 2.24. The number of anilines is 1. The van der Waals surface area contributed by atoms with Crippen LogP contribution >= 0.6 is 0 Å². The van der Waals surface area contributed by atoms with Crippen molar-refractivity contribution in [2.45, 2.75) is 51.2 Å². The van der Waals surface area contributed by atoms with Crippen LogP contribution in [-0.2, 0) is 9.53 Å². The first-order chi connectivity index (χ1) is 14.0. The number of carbonyl (C=O) groups is 2. The number of hydrogen-bond donors (Lipinski definition) is 1. The molecule has 3 rings (SSSR count). The van der Waals surface area contributed by atoms with Gasteiger partial charge in [-0.3, -0.25) is 9.59 Å². The molecular weight excluding hydrogens is 364 g/mol. The molecule has 2 amide bonds. The summed E-state index contributed by atoms with van der Waals surface area (Å²) in [5, 5.41) is 2.93. The molecule has 1 heterocycles. The average molecular weight is 395 g/mol. The van der Waals surface area contributed by atoms with Gasteiger partial charge < -0.3 is 15.0 Å². The molecule has 29 heavy (non-hydrogen) atoms. The number of nitrogens with one attached hydrogen (secondary N) is 1. The number of rotatable bonds is 7. The number of nitrogens with zero attached hydrogens (tertiary/aromatic N) is 1. The van der Waals surface area contributed by atoms with Crippen molar-refractivity contribution in [3.05, 3.63) is 65.7 Å². The van der Waals surface area contributed by atoms with Crippen molar-refractivity contribution in [1.82, 2.24) is 4.90 Å². The molecule has 0 bridgehead atoms. The second-order valence-electron chi connectivity index (χ2n) is 7.65. The van der Waals surface area contributed by atoms with Crippen LogP contribution in [-0.4, -0.2) is 36.5 Å². The highest BCUT2D eigenvalue weighted by molar-refractivity contribution is 6.04. The Kier molecular flexibility index (Phi) is 7.42. The first kappa shape index (κ1) is 21.1. The molecule has 0 radical (unpaired) electrons. The van der Waals surface area contributed by atoms with Gasteiger partial charge in [-0.2, -0.15) is 0 Å². The monoisotopic (exact) mass is 394 g/mol. The van der Waals surface area contributed by atoms with Crippen molar-refractivity contribution in [1.29, 1.82) is 0 Å². The van der Waals surface area contributed by atoms with Crippen molar-refractivity contribution >= 4 is 17.5 Å². The molecule has 0 spiro atoms. The van der Waals surface area contributed by atoms with Gasteiger partial charge in [-0.25, -0.2) is 0 Å². The molecule has 2 aromatic rings. The number of ether oxygens (including phenoxy) is 1. The zero-order valence-electron chi connectivity index (χ0n) is 17.3. The lowest BCUT2D eigenvalue weighted by molar-refractivity contribution is -0.132. The minimum atomic E-state index is -0.146. The van der Waals surface area contributed by atoms with Gasteiger partial charge in [-0.15, -0.1) is 0 Å². The fraction of sp³-hybridized carbons (Fsp3) is 0.417. The van der Waals surface area contributed by atoms with Crippen molar-refractivity contribution in [3.8, 4) is 0 Å². The summed E-state index contributed by atoms with van der Waals surface area (Å²) in [5.41, 5.74) is 2.32. The Morgan fingerprint density at radius 1 is 1.14 bits per heavy atom. The van der Waals surface area contributed by atoms with Crippen LogP contribution in [0, 0.1) is 0 Å². The van der Waals surface area contributed by atoms with E-state index in [4.69, 9.17) is 4.74 Å². The van der Waals surface area contributed by atoms with Crippen LogP contribution in [0.2, 0.25) is 0 Å². The summed E-state index contributed by atoms with van der Waals surface area (Å²) in [6.07, 6.45) is 4.85. The van der Waals surface area contributed by atoms with E-state index >= 15 is 0 Å². The Labute approximate surface area is 173 Å². The summed E-state index contributed by atoms with van der Waals surface area (Å²) >= 11 is 0. The third-order valence-corrected chi connectivity index (χ3v) is 5.59. The largest absolute Gasteiger partial charge is 0.378 e. The van der Waals surface area contributed by atoms with Gasteiger partial charge in [0.15, 0.2) is 0 Å². The molecule has 0 aliphatic carbocycles. The van der Waals surface area contributed by atoms with Crippen LogP contribution in [0.25, 0.3) is 0 Å². The molecule has 1 aliphatic rings. The number of benzene rings is 2. The molecule has 1 aliphatic heterocycles. The normalized spacial score (nSPS) is 17.4. The molecule has 1 fully saturated rings. The quantitative estimate of drug-likeness (QED) is 0.733. The average Bonchev–Trinajstić information content (AvgIpc) is 2.78. The zero-order valence-corrected chi connectivity index (χ0v) is 17.3. The third kappa shape index (κ3) is 5.91. The fourth-order valence-electron chi connectivity index (χ4n) is 3.60. The maximum atomic E-state index is 12.6. The van der Waals surface area contributed by atoms with E-state index in [-0.39, 0.29) is 24.0 Å². The second-order valence-corrected chi connectivity index (χ2v) is 7.65. The standard InChI is InChI=1S/C24H30N2O3/c1-18(26(2)23(27)15-14-22-13-6-7-16-29-22)20-11-8-12-21(17-20)25-24(28)19-9-4-3-5-10-19/h3-5,8-12,17-18,22H,6-7,13-16H2,1-2H3,(H,25,28)/t18-,22-/m1/s1. The molecule has 5 heteroatoms. The molecule has 0 saturated carbocycles. The molecule has 2 aromatic carbocycles. The lowest BCUT2D eigenvalue weighted by atomic mass is 10.0. The molecule has 154 valence electrons. The fourth-order valence-corrected chi connectivity index (χ4v) is 3.60. The maximum absolute atomic E-state index is 12.6. The van der Waals surface area contributed by atoms with Gasteiger partial charge in [0.25, 0.3) is 5.91 Å². The molecule has 0 aromatic heterocycles. The van der Waals surface area contributed by atoms with Gasteiger partial charge in [0, 0.05) is 31.3 Å². The second kappa shape index (κ2) is 10.2. The summed E-state index contributed by atoms with van der Waals surface area (Å²) in [5.74, 6) is -0.0299. The van der Waals surface area contributed by atoms with E-state index in [0.717, 1.165) is 37.1 Å². The van der Waals surface area contributed by atoms with Crippen LogP contribution in [0.3, 0.4) is 0 Å². The van der Waals surface area contributed by atoms with Crippen LogP contribution in [0.1, 0.15) is 61.0 Å². The van der Waals surface area contributed by atoms with Crippen LogP contribution in [0.5, 0.6) is 0 Å². The van der Waals surface area contributed by atoms with Crippen LogP contribution in [0.4, 0.5) is 5.69 Å². The number of hydrogen-bond acceptors (Lipinski definition) is 3. The Morgan fingerprint density at radius 3 is 2.66 bits per heavy atom. The molecular formula is C24H30N2O3. The predicted molar refractivity (Wildman–Crippen MR) is 115 cm³/mol. The summed E-state index contributed by atoms with van der Waals surface area (Å²) in [6, 6.07) is 16.7. The zero-order chi connectivity index (χ0) is 20.6. The smallest absolute Gasteiger partial charge is 0.255 e. The van der Waals surface area contributed by atoms with Crippen molar-refractivity contribution in [2.75, 3.05) is 19.0 Å². The third-order valence-electron chi connectivity index (χ3n) is 5.59. The highest BCUT2D eigenvalue weighted by Gasteiger charge is 2.21. The van der Waals surface area contributed by atoms with Crippen LogP contribution in [0.15, 0.2) is 54.6 Å². The van der Waals surface area contributed by atoms with Gasteiger partial charge in [0.1, 0.15) is 0 Å². The Bertz CT molecular complexity index is 816. The minimum Gasteiger partial charge on any atom is -0.378 e. The first-order valence-electron chi connectivity index (χ1n) is 10.4. The van der Waals surface area contributed by atoms with Gasteiger partial charge in [0.2, 0.25) is 5.91 Å². The summed E-state index contributed by atoms with van der Waals surface area (Å²) in [6.45, 7) is 2.82. The molecule has 0 unspecified atom stereocenters. The Hall–Kier alpha value is -2.66. The summed E-state index contributed by atoms with van der Waals surface area (Å²) in [7, 11) is 1.84. The van der Waals surface area contributed by atoms with E-state index in [9.17, 15) is 9.59 Å². The van der Waals surface area contributed by atoms with Crippen molar-refractivity contribution in [3.63, 3.8) is 0 Å². The van der Waals surface area contributed by atoms with E-state index in [1.807, 2.05) is 56.4 Å². The van der Waals surface area contributed by atoms with E-state index in [0.29, 0.717) is 12.0 Å². The van der Waals surface area contributed by atoms with Gasteiger partial charge in [0.05, 0.1) is 12.1 Å². The van der Waals surface area contributed by atoms with E-state index in [1.54, 1.807) is 17.0 Å². The number of carbonyl (C=O) groups excluding carboxylic acids is 2. The first-order valence-corrected chi connectivity index (χ1v) is 10.4. The van der Waals surface area contributed by atoms with E-state index in [2.05, 4.69) is 5.32 Å². The minimum absolute atomic E-state index is 0.0802. The molecule has 5 nitrogen and oxygen atoms in total. The van der Waals surface area contributed by atoms with Gasteiger partial charge in [-0.1, -0.05) is 30.3 Å². The highest BCUT2D eigenvalue weighted by atomic mass is 16.5. The summed E-state index contributed by atoms with van der Waals surface area (Å²) < 4.78 is 5.73. The van der Waals surface area contributed by atoms with E-state index in [1.165, 1.54) is 6.42 Å². The number of amides is 2.